The minimum atomic E-state index is -0.523. The number of rotatable bonds is 1. The van der Waals surface area contributed by atoms with Gasteiger partial charge in [0.1, 0.15) is 0 Å². The van der Waals surface area contributed by atoms with Gasteiger partial charge in [0.05, 0.1) is 5.60 Å². The number of fused-ring (bicyclic) bond motifs is 5. The molecule has 1 aromatic carbocycles. The van der Waals surface area contributed by atoms with E-state index in [1.54, 1.807) is 0 Å². The van der Waals surface area contributed by atoms with Crippen LogP contribution in [-0.2, 0) is 4.79 Å². The maximum atomic E-state index is 13.2. The van der Waals surface area contributed by atoms with Crippen molar-refractivity contribution in [3.8, 4) is 0 Å². The molecule has 0 radical (unpaired) electrons. The monoisotopic (exact) mass is 406 g/mol. The molecular weight excluding hydrogens is 368 g/mol. The molecule has 1 N–H and O–H groups in total. The maximum absolute atomic E-state index is 13.2. The fraction of sp³-hybridized carbons (Fsp3) is 0.679. The molecule has 0 saturated heterocycles. The molecule has 1 aromatic rings. The Bertz CT molecular complexity index is 883. The number of Topliss-reactive ketones (excluding diaryl/α,β-unsaturated/α-hetero) is 1. The SMILES string of the molecule is CC1(O)CCC2C3CCC4(C)CC(=O)C(=Cc5ccccc5)CC4(C)C3CCC21C. The summed E-state index contributed by atoms with van der Waals surface area (Å²) in [6, 6.07) is 10.3. The molecule has 0 spiro atoms. The molecule has 7 unspecified atom stereocenters. The third-order valence-electron chi connectivity index (χ3n) is 10.8. The lowest BCUT2D eigenvalue weighted by atomic mass is 9.40. The van der Waals surface area contributed by atoms with E-state index in [2.05, 4.69) is 58.0 Å². The zero-order valence-corrected chi connectivity index (χ0v) is 19.2. The number of benzene rings is 1. The number of carbonyl (C=O) groups excluding carboxylic acids is 1. The maximum Gasteiger partial charge on any atom is 0.159 e. The summed E-state index contributed by atoms with van der Waals surface area (Å²) in [5.74, 6) is 2.35. The van der Waals surface area contributed by atoms with Gasteiger partial charge >= 0.3 is 0 Å². The van der Waals surface area contributed by atoms with E-state index in [-0.39, 0.29) is 16.2 Å². The molecule has 0 amide bonds. The first kappa shape index (κ1) is 20.5. The van der Waals surface area contributed by atoms with Gasteiger partial charge in [0, 0.05) is 6.42 Å². The Hall–Kier alpha value is -1.41. The number of hydrogen-bond acceptors (Lipinski definition) is 2. The van der Waals surface area contributed by atoms with Gasteiger partial charge in [-0.3, -0.25) is 4.79 Å². The molecule has 0 aromatic heterocycles. The Kier molecular flexibility index (Phi) is 4.47. The summed E-state index contributed by atoms with van der Waals surface area (Å²) >= 11 is 0. The average Bonchev–Trinajstić information content (AvgIpc) is 2.94. The Balaban J connectivity index is 1.50. The number of hydrogen-bond donors (Lipinski definition) is 1. The number of aliphatic hydroxyl groups is 1. The van der Waals surface area contributed by atoms with Crippen LogP contribution in [0.1, 0.15) is 84.6 Å². The molecule has 2 nitrogen and oxygen atoms in total. The second-order valence-corrected chi connectivity index (χ2v) is 12.0. The van der Waals surface area contributed by atoms with E-state index in [1.165, 1.54) is 19.3 Å². The van der Waals surface area contributed by atoms with E-state index in [4.69, 9.17) is 0 Å². The highest BCUT2D eigenvalue weighted by atomic mass is 16.3. The molecular formula is C28H38O2. The Morgan fingerprint density at radius 3 is 2.27 bits per heavy atom. The van der Waals surface area contributed by atoms with Crippen LogP contribution in [0.3, 0.4) is 0 Å². The molecule has 0 heterocycles. The van der Waals surface area contributed by atoms with E-state index in [0.717, 1.165) is 36.8 Å². The predicted octanol–water partition coefficient (Wildman–Crippen LogP) is 6.43. The van der Waals surface area contributed by atoms with E-state index in [1.807, 2.05) is 6.07 Å². The standard InChI is InChI=1S/C28H38O2/c1-25-13-10-21-22-12-15-28(4,30)26(22,2)14-11-23(21)27(25,3)17-20(24(29)18-25)16-19-8-6-5-7-9-19/h5-9,16,21-23,30H,10-15,17-18H2,1-4H3. The molecule has 2 heteroatoms. The highest BCUT2D eigenvalue weighted by Gasteiger charge is 2.65. The quantitative estimate of drug-likeness (QED) is 0.545. The number of ketones is 1. The van der Waals surface area contributed by atoms with Gasteiger partial charge in [-0.05, 0) is 103 Å². The van der Waals surface area contributed by atoms with E-state index in [9.17, 15) is 9.90 Å². The first-order valence-corrected chi connectivity index (χ1v) is 12.1. The van der Waals surface area contributed by atoms with Crippen molar-refractivity contribution >= 4 is 11.9 Å². The van der Waals surface area contributed by atoms with Crippen LogP contribution in [0.15, 0.2) is 35.9 Å². The van der Waals surface area contributed by atoms with Crippen LogP contribution in [0.5, 0.6) is 0 Å². The van der Waals surface area contributed by atoms with Crippen LogP contribution in [0, 0.1) is 34.0 Å². The Labute approximate surface area is 182 Å². The second-order valence-electron chi connectivity index (χ2n) is 12.0. The minimum absolute atomic E-state index is 0.0610. The first-order valence-electron chi connectivity index (χ1n) is 12.1. The molecule has 4 saturated carbocycles. The Morgan fingerprint density at radius 2 is 1.53 bits per heavy atom. The molecule has 30 heavy (non-hydrogen) atoms. The van der Waals surface area contributed by atoms with Gasteiger partial charge in [0.25, 0.3) is 0 Å². The van der Waals surface area contributed by atoms with Crippen LogP contribution in [0.25, 0.3) is 6.08 Å². The summed E-state index contributed by atoms with van der Waals surface area (Å²) in [5.41, 5.74) is 1.99. The summed E-state index contributed by atoms with van der Waals surface area (Å²) in [4.78, 5) is 13.2. The van der Waals surface area contributed by atoms with Crippen molar-refractivity contribution in [1.82, 2.24) is 0 Å². The lowest BCUT2D eigenvalue weighted by Gasteiger charge is -2.64. The van der Waals surface area contributed by atoms with Crippen molar-refractivity contribution in [2.24, 2.45) is 34.0 Å². The van der Waals surface area contributed by atoms with Crippen LogP contribution < -0.4 is 0 Å². The zero-order chi connectivity index (χ0) is 21.4. The Morgan fingerprint density at radius 1 is 0.867 bits per heavy atom. The molecule has 0 bridgehead atoms. The summed E-state index contributed by atoms with van der Waals surface area (Å²) in [6.07, 6.45) is 10.6. The summed E-state index contributed by atoms with van der Waals surface area (Å²) in [6.45, 7) is 9.36. The lowest BCUT2D eigenvalue weighted by molar-refractivity contribution is -0.169. The first-order chi connectivity index (χ1) is 14.1. The van der Waals surface area contributed by atoms with Crippen molar-refractivity contribution in [3.05, 3.63) is 41.5 Å². The smallest absolute Gasteiger partial charge is 0.159 e. The third-order valence-corrected chi connectivity index (χ3v) is 10.8. The summed E-state index contributed by atoms with van der Waals surface area (Å²) in [7, 11) is 0. The van der Waals surface area contributed by atoms with E-state index in [0.29, 0.717) is 30.0 Å². The molecule has 4 aliphatic carbocycles. The third kappa shape index (κ3) is 2.68. The van der Waals surface area contributed by atoms with Crippen LogP contribution in [0.4, 0.5) is 0 Å². The number of allylic oxidation sites excluding steroid dienone is 1. The molecule has 162 valence electrons. The van der Waals surface area contributed by atoms with Crippen LogP contribution >= 0.6 is 0 Å². The van der Waals surface area contributed by atoms with Gasteiger partial charge in [0.2, 0.25) is 0 Å². The predicted molar refractivity (Wildman–Crippen MR) is 122 cm³/mol. The van der Waals surface area contributed by atoms with Gasteiger partial charge in [-0.1, -0.05) is 51.1 Å². The van der Waals surface area contributed by atoms with Gasteiger partial charge in [-0.15, -0.1) is 0 Å². The highest BCUT2D eigenvalue weighted by molar-refractivity contribution is 6.01. The molecule has 4 aliphatic rings. The van der Waals surface area contributed by atoms with E-state index >= 15 is 0 Å². The van der Waals surface area contributed by atoms with Crippen molar-refractivity contribution in [1.29, 1.82) is 0 Å². The largest absolute Gasteiger partial charge is 0.390 e. The van der Waals surface area contributed by atoms with Crippen molar-refractivity contribution in [3.63, 3.8) is 0 Å². The second kappa shape index (κ2) is 6.55. The molecule has 4 fully saturated rings. The van der Waals surface area contributed by atoms with Crippen molar-refractivity contribution in [2.75, 3.05) is 0 Å². The fourth-order valence-electron chi connectivity index (χ4n) is 8.42. The van der Waals surface area contributed by atoms with Crippen LogP contribution in [-0.4, -0.2) is 16.5 Å². The molecule has 7 atom stereocenters. The molecule has 0 aliphatic heterocycles. The zero-order valence-electron chi connectivity index (χ0n) is 19.2. The normalized spacial score (nSPS) is 49.4. The van der Waals surface area contributed by atoms with Gasteiger partial charge in [-0.25, -0.2) is 0 Å². The van der Waals surface area contributed by atoms with Crippen LogP contribution in [0.2, 0.25) is 0 Å². The van der Waals surface area contributed by atoms with Gasteiger partial charge < -0.3 is 5.11 Å². The highest BCUT2D eigenvalue weighted by Crippen LogP contribution is 2.71. The van der Waals surface area contributed by atoms with Gasteiger partial charge in [-0.2, -0.15) is 0 Å². The average molecular weight is 407 g/mol. The molecule has 5 rings (SSSR count). The van der Waals surface area contributed by atoms with E-state index < -0.39 is 5.60 Å². The summed E-state index contributed by atoms with van der Waals surface area (Å²) < 4.78 is 0. The topological polar surface area (TPSA) is 37.3 Å². The summed E-state index contributed by atoms with van der Waals surface area (Å²) in [5, 5.41) is 11.2. The fourth-order valence-corrected chi connectivity index (χ4v) is 8.42. The lowest BCUT2D eigenvalue weighted by Crippen LogP contribution is -2.59. The van der Waals surface area contributed by atoms with Gasteiger partial charge in [0.15, 0.2) is 5.78 Å². The van der Waals surface area contributed by atoms with Crippen molar-refractivity contribution < 1.29 is 9.90 Å². The van der Waals surface area contributed by atoms with Crippen molar-refractivity contribution in [2.45, 2.75) is 84.7 Å². The number of carbonyl (C=O) groups is 1. The minimum Gasteiger partial charge on any atom is -0.390 e.